The largest absolute Gasteiger partial charge is 0.344 e. The van der Waals surface area contributed by atoms with Gasteiger partial charge < -0.3 is 9.09 Å². The lowest BCUT2D eigenvalue weighted by atomic mass is 10.4. The molecule has 78 valence electrons. The summed E-state index contributed by atoms with van der Waals surface area (Å²) < 4.78 is 6.86. The SMILES string of the molecule is CCc1noc(Cn2ccc(C=O)c2)n1. The summed E-state index contributed by atoms with van der Waals surface area (Å²) in [7, 11) is 0. The molecular weight excluding hydrogens is 194 g/mol. The molecule has 2 aromatic rings. The smallest absolute Gasteiger partial charge is 0.246 e. The molecule has 0 N–H and O–H groups in total. The van der Waals surface area contributed by atoms with E-state index >= 15 is 0 Å². The van der Waals surface area contributed by atoms with E-state index in [2.05, 4.69) is 10.1 Å². The summed E-state index contributed by atoms with van der Waals surface area (Å²) in [6, 6.07) is 1.74. The number of carbonyl (C=O) groups excluding carboxylic acids is 1. The van der Waals surface area contributed by atoms with Gasteiger partial charge in [0.25, 0.3) is 0 Å². The maximum absolute atomic E-state index is 10.5. The Bertz CT molecular complexity index is 459. The van der Waals surface area contributed by atoms with E-state index in [1.807, 2.05) is 11.5 Å². The minimum Gasteiger partial charge on any atom is -0.344 e. The molecule has 0 amide bonds. The summed E-state index contributed by atoms with van der Waals surface area (Å²) in [5.74, 6) is 1.26. The van der Waals surface area contributed by atoms with E-state index in [-0.39, 0.29) is 0 Å². The van der Waals surface area contributed by atoms with Crippen molar-refractivity contribution in [2.45, 2.75) is 19.9 Å². The van der Waals surface area contributed by atoms with Gasteiger partial charge in [0.05, 0.1) is 0 Å². The molecule has 0 spiro atoms. The van der Waals surface area contributed by atoms with Crippen molar-refractivity contribution in [3.63, 3.8) is 0 Å². The van der Waals surface area contributed by atoms with Crippen LogP contribution in [0, 0.1) is 0 Å². The summed E-state index contributed by atoms with van der Waals surface area (Å²) >= 11 is 0. The quantitative estimate of drug-likeness (QED) is 0.706. The molecule has 0 radical (unpaired) electrons. The predicted molar refractivity (Wildman–Crippen MR) is 52.6 cm³/mol. The summed E-state index contributed by atoms with van der Waals surface area (Å²) in [6.07, 6.45) is 5.11. The Labute approximate surface area is 86.7 Å². The summed E-state index contributed by atoms with van der Waals surface area (Å²) in [4.78, 5) is 14.6. The fraction of sp³-hybridized carbons (Fsp3) is 0.300. The Morgan fingerprint density at radius 3 is 3.07 bits per heavy atom. The molecule has 0 aliphatic heterocycles. The predicted octanol–water partition coefficient (Wildman–Crippen LogP) is 1.29. The third kappa shape index (κ3) is 2.12. The summed E-state index contributed by atoms with van der Waals surface area (Å²) in [6.45, 7) is 2.47. The number of hydrogen-bond donors (Lipinski definition) is 0. The molecule has 0 saturated heterocycles. The number of nitrogens with zero attached hydrogens (tertiary/aromatic N) is 3. The fourth-order valence-corrected chi connectivity index (χ4v) is 1.28. The van der Waals surface area contributed by atoms with Gasteiger partial charge >= 0.3 is 0 Å². The molecule has 0 bridgehead atoms. The van der Waals surface area contributed by atoms with Crippen LogP contribution in [0.15, 0.2) is 23.0 Å². The minimum atomic E-state index is 0.501. The van der Waals surface area contributed by atoms with Crippen molar-refractivity contribution in [1.29, 1.82) is 0 Å². The lowest BCUT2D eigenvalue weighted by molar-refractivity contribution is 0.112. The Balaban J connectivity index is 2.10. The monoisotopic (exact) mass is 205 g/mol. The third-order valence-corrected chi connectivity index (χ3v) is 2.05. The topological polar surface area (TPSA) is 60.9 Å². The van der Waals surface area contributed by atoms with Gasteiger partial charge in [0, 0.05) is 24.4 Å². The van der Waals surface area contributed by atoms with E-state index < -0.39 is 0 Å². The first-order valence-corrected chi connectivity index (χ1v) is 4.74. The molecular formula is C10H11N3O2. The number of aromatic nitrogens is 3. The van der Waals surface area contributed by atoms with Crippen LogP contribution in [0.3, 0.4) is 0 Å². The average Bonchev–Trinajstić information content (AvgIpc) is 2.87. The van der Waals surface area contributed by atoms with Crippen molar-refractivity contribution >= 4 is 6.29 Å². The van der Waals surface area contributed by atoms with Gasteiger partial charge in [0.1, 0.15) is 6.54 Å². The van der Waals surface area contributed by atoms with Gasteiger partial charge in [-0.05, 0) is 6.07 Å². The molecule has 2 heterocycles. The zero-order chi connectivity index (χ0) is 10.7. The fourth-order valence-electron chi connectivity index (χ4n) is 1.28. The highest BCUT2D eigenvalue weighted by atomic mass is 16.5. The van der Waals surface area contributed by atoms with E-state index in [0.717, 1.165) is 12.7 Å². The van der Waals surface area contributed by atoms with Crippen LogP contribution >= 0.6 is 0 Å². The van der Waals surface area contributed by atoms with E-state index in [4.69, 9.17) is 4.52 Å². The molecule has 0 atom stereocenters. The Hall–Kier alpha value is -1.91. The van der Waals surface area contributed by atoms with Crippen LogP contribution in [0.25, 0.3) is 0 Å². The van der Waals surface area contributed by atoms with Crippen molar-refractivity contribution < 1.29 is 9.32 Å². The first-order chi connectivity index (χ1) is 7.31. The van der Waals surface area contributed by atoms with Crippen LogP contribution in [0.5, 0.6) is 0 Å². The van der Waals surface area contributed by atoms with Crippen molar-refractivity contribution in [2.24, 2.45) is 0 Å². The average molecular weight is 205 g/mol. The van der Waals surface area contributed by atoms with Gasteiger partial charge in [-0.1, -0.05) is 12.1 Å². The Morgan fingerprint density at radius 1 is 1.60 bits per heavy atom. The molecule has 0 fully saturated rings. The molecule has 0 unspecified atom stereocenters. The van der Waals surface area contributed by atoms with Gasteiger partial charge in [-0.25, -0.2) is 0 Å². The normalized spacial score (nSPS) is 10.5. The number of rotatable bonds is 4. The highest BCUT2D eigenvalue weighted by Crippen LogP contribution is 2.04. The van der Waals surface area contributed by atoms with Gasteiger partial charge in [0.15, 0.2) is 12.1 Å². The Morgan fingerprint density at radius 2 is 2.47 bits per heavy atom. The third-order valence-electron chi connectivity index (χ3n) is 2.05. The molecule has 5 heteroatoms. The van der Waals surface area contributed by atoms with Gasteiger partial charge in [0.2, 0.25) is 5.89 Å². The maximum Gasteiger partial charge on any atom is 0.246 e. The lowest BCUT2D eigenvalue weighted by Crippen LogP contribution is -1.96. The van der Waals surface area contributed by atoms with E-state index in [0.29, 0.717) is 23.8 Å². The Kier molecular flexibility index (Phi) is 2.62. The van der Waals surface area contributed by atoms with Crippen molar-refractivity contribution in [1.82, 2.24) is 14.7 Å². The molecule has 2 rings (SSSR count). The number of carbonyl (C=O) groups is 1. The minimum absolute atomic E-state index is 0.501. The van der Waals surface area contributed by atoms with Crippen LogP contribution in [0.4, 0.5) is 0 Å². The maximum atomic E-state index is 10.5. The van der Waals surface area contributed by atoms with E-state index in [9.17, 15) is 4.79 Å². The van der Waals surface area contributed by atoms with Crippen molar-refractivity contribution in [3.8, 4) is 0 Å². The molecule has 2 aromatic heterocycles. The van der Waals surface area contributed by atoms with Gasteiger partial charge in [-0.3, -0.25) is 4.79 Å². The van der Waals surface area contributed by atoms with Crippen molar-refractivity contribution in [2.75, 3.05) is 0 Å². The van der Waals surface area contributed by atoms with E-state index in [1.54, 1.807) is 18.5 Å². The number of aldehydes is 1. The highest BCUT2D eigenvalue weighted by molar-refractivity contribution is 5.74. The second-order valence-electron chi connectivity index (χ2n) is 3.19. The second-order valence-corrected chi connectivity index (χ2v) is 3.19. The van der Waals surface area contributed by atoms with Crippen LogP contribution < -0.4 is 0 Å². The zero-order valence-electron chi connectivity index (χ0n) is 8.38. The van der Waals surface area contributed by atoms with Crippen molar-refractivity contribution in [3.05, 3.63) is 35.7 Å². The molecule has 5 nitrogen and oxygen atoms in total. The highest BCUT2D eigenvalue weighted by Gasteiger charge is 2.05. The molecule has 15 heavy (non-hydrogen) atoms. The van der Waals surface area contributed by atoms with Crippen LogP contribution in [-0.2, 0) is 13.0 Å². The zero-order valence-corrected chi connectivity index (χ0v) is 8.38. The van der Waals surface area contributed by atoms with Crippen LogP contribution in [0.2, 0.25) is 0 Å². The molecule has 0 aliphatic carbocycles. The molecule has 0 aromatic carbocycles. The molecule has 0 aliphatic rings. The second kappa shape index (κ2) is 4.08. The summed E-state index contributed by atoms with van der Waals surface area (Å²) in [5.41, 5.74) is 0.644. The van der Waals surface area contributed by atoms with Crippen LogP contribution in [-0.4, -0.2) is 21.0 Å². The summed E-state index contributed by atoms with van der Waals surface area (Å²) in [5, 5.41) is 3.79. The standard InChI is InChI=1S/C10H11N3O2/c1-2-9-11-10(15-12-9)6-13-4-3-8(5-13)7-14/h3-5,7H,2,6H2,1H3. The molecule has 0 saturated carbocycles. The van der Waals surface area contributed by atoms with E-state index in [1.165, 1.54) is 0 Å². The first-order valence-electron chi connectivity index (χ1n) is 4.74. The number of aryl methyl sites for hydroxylation is 1. The number of hydrogen-bond acceptors (Lipinski definition) is 4. The first kappa shape index (κ1) is 9.64. The van der Waals surface area contributed by atoms with Crippen LogP contribution in [0.1, 0.15) is 29.0 Å². The lowest BCUT2D eigenvalue weighted by Gasteiger charge is -1.94. The van der Waals surface area contributed by atoms with Gasteiger partial charge in [-0.15, -0.1) is 0 Å². The van der Waals surface area contributed by atoms with Gasteiger partial charge in [-0.2, -0.15) is 4.98 Å².